The van der Waals surface area contributed by atoms with Gasteiger partial charge >= 0.3 is 0 Å². The SMILES string of the molecule is CC(C)(I)Cc1cccc2c1ccc1ccccc12. The van der Waals surface area contributed by atoms with Crippen LogP contribution in [-0.2, 0) is 6.42 Å². The monoisotopic (exact) mass is 360 g/mol. The van der Waals surface area contributed by atoms with Gasteiger partial charge in [-0.15, -0.1) is 0 Å². The molecule has 3 aromatic carbocycles. The highest BCUT2D eigenvalue weighted by molar-refractivity contribution is 14.1. The Balaban J connectivity index is 2.29. The largest absolute Gasteiger partial charge is 0.0791 e. The van der Waals surface area contributed by atoms with Crippen molar-refractivity contribution in [1.29, 1.82) is 0 Å². The predicted molar refractivity (Wildman–Crippen MR) is 93.3 cm³/mol. The quantitative estimate of drug-likeness (QED) is 0.310. The Morgan fingerprint density at radius 3 is 2.32 bits per heavy atom. The van der Waals surface area contributed by atoms with E-state index >= 15 is 0 Å². The third-order valence-corrected chi connectivity index (χ3v) is 3.87. The first-order valence-corrected chi connectivity index (χ1v) is 7.71. The first-order valence-electron chi connectivity index (χ1n) is 6.63. The second kappa shape index (κ2) is 4.78. The fourth-order valence-corrected chi connectivity index (χ4v) is 3.12. The smallest absolute Gasteiger partial charge is 0.0206 e. The van der Waals surface area contributed by atoms with Gasteiger partial charge in [-0.1, -0.05) is 91.0 Å². The fraction of sp³-hybridized carbons (Fsp3) is 0.222. The first kappa shape index (κ1) is 12.9. The van der Waals surface area contributed by atoms with Gasteiger partial charge in [-0.3, -0.25) is 0 Å². The molecule has 0 aliphatic carbocycles. The molecule has 0 fully saturated rings. The van der Waals surface area contributed by atoms with Crippen LogP contribution in [0.4, 0.5) is 0 Å². The molecule has 3 aromatic rings. The number of hydrogen-bond donors (Lipinski definition) is 0. The van der Waals surface area contributed by atoms with E-state index in [0.717, 1.165) is 6.42 Å². The van der Waals surface area contributed by atoms with Crippen LogP contribution in [-0.4, -0.2) is 3.42 Å². The molecular formula is C18H17I. The van der Waals surface area contributed by atoms with Crippen molar-refractivity contribution in [2.75, 3.05) is 0 Å². The van der Waals surface area contributed by atoms with Crippen molar-refractivity contribution >= 4 is 44.1 Å². The normalized spacial score (nSPS) is 12.2. The van der Waals surface area contributed by atoms with E-state index in [2.05, 4.69) is 91.0 Å². The van der Waals surface area contributed by atoms with Crippen LogP contribution < -0.4 is 0 Å². The van der Waals surface area contributed by atoms with Gasteiger partial charge in [-0.25, -0.2) is 0 Å². The van der Waals surface area contributed by atoms with Crippen LogP contribution in [0.1, 0.15) is 19.4 Å². The van der Waals surface area contributed by atoms with Crippen molar-refractivity contribution < 1.29 is 0 Å². The molecule has 19 heavy (non-hydrogen) atoms. The zero-order valence-corrected chi connectivity index (χ0v) is 13.4. The molecule has 0 aromatic heterocycles. The maximum Gasteiger partial charge on any atom is 0.0206 e. The molecule has 1 heteroatoms. The molecule has 0 heterocycles. The predicted octanol–water partition coefficient (Wildman–Crippen LogP) is 5.75. The highest BCUT2D eigenvalue weighted by atomic mass is 127. The van der Waals surface area contributed by atoms with Crippen molar-refractivity contribution in [2.24, 2.45) is 0 Å². The van der Waals surface area contributed by atoms with Crippen molar-refractivity contribution in [3.8, 4) is 0 Å². The van der Waals surface area contributed by atoms with Crippen molar-refractivity contribution in [3.63, 3.8) is 0 Å². The summed E-state index contributed by atoms with van der Waals surface area (Å²) in [5.41, 5.74) is 1.45. The molecule has 96 valence electrons. The van der Waals surface area contributed by atoms with Crippen LogP contribution in [0.15, 0.2) is 54.6 Å². The van der Waals surface area contributed by atoms with Gasteiger partial charge < -0.3 is 0 Å². The van der Waals surface area contributed by atoms with Crippen LogP contribution in [0.3, 0.4) is 0 Å². The molecular weight excluding hydrogens is 343 g/mol. The van der Waals surface area contributed by atoms with Crippen molar-refractivity contribution in [2.45, 2.75) is 23.7 Å². The Morgan fingerprint density at radius 2 is 1.53 bits per heavy atom. The minimum absolute atomic E-state index is 0.289. The van der Waals surface area contributed by atoms with E-state index in [1.165, 1.54) is 27.1 Å². The first-order chi connectivity index (χ1) is 9.04. The summed E-state index contributed by atoms with van der Waals surface area (Å²) in [5.74, 6) is 0. The van der Waals surface area contributed by atoms with Crippen molar-refractivity contribution in [1.82, 2.24) is 0 Å². The van der Waals surface area contributed by atoms with E-state index in [0.29, 0.717) is 0 Å². The molecule has 0 amide bonds. The van der Waals surface area contributed by atoms with E-state index in [1.807, 2.05) is 0 Å². The molecule has 0 unspecified atom stereocenters. The lowest BCUT2D eigenvalue weighted by Crippen LogP contribution is -2.13. The number of hydrogen-bond acceptors (Lipinski definition) is 0. The minimum atomic E-state index is 0.289. The van der Waals surface area contributed by atoms with Crippen LogP contribution in [0, 0.1) is 0 Å². The van der Waals surface area contributed by atoms with Crippen molar-refractivity contribution in [3.05, 3.63) is 60.2 Å². The second-order valence-electron chi connectivity index (χ2n) is 5.69. The zero-order valence-electron chi connectivity index (χ0n) is 11.3. The summed E-state index contributed by atoms with van der Waals surface area (Å²) in [5, 5.41) is 5.44. The molecule has 0 radical (unpaired) electrons. The number of benzene rings is 3. The number of halogens is 1. The molecule has 0 atom stereocenters. The van der Waals surface area contributed by atoms with Crippen LogP contribution in [0.5, 0.6) is 0 Å². The lowest BCUT2D eigenvalue weighted by atomic mass is 9.94. The molecule has 0 saturated carbocycles. The minimum Gasteiger partial charge on any atom is -0.0791 e. The lowest BCUT2D eigenvalue weighted by Gasteiger charge is -2.18. The third-order valence-electron chi connectivity index (χ3n) is 3.49. The molecule has 0 saturated heterocycles. The summed E-state index contributed by atoms with van der Waals surface area (Å²) >= 11 is 2.53. The zero-order chi connectivity index (χ0) is 13.5. The average molecular weight is 360 g/mol. The Morgan fingerprint density at radius 1 is 0.789 bits per heavy atom. The Labute approximate surface area is 128 Å². The molecule has 3 rings (SSSR count). The molecule has 0 spiro atoms. The lowest BCUT2D eigenvalue weighted by molar-refractivity contribution is 0.748. The molecule has 0 bridgehead atoms. The van der Waals surface area contributed by atoms with Gasteiger partial charge in [0.15, 0.2) is 0 Å². The van der Waals surface area contributed by atoms with Gasteiger partial charge in [0.25, 0.3) is 0 Å². The van der Waals surface area contributed by atoms with Gasteiger partial charge in [0.05, 0.1) is 0 Å². The van der Waals surface area contributed by atoms with E-state index < -0.39 is 0 Å². The standard InChI is InChI=1S/C18H17I/c1-18(2,19)12-14-7-5-9-17-15-8-4-3-6-13(15)10-11-16(14)17/h3-11H,12H2,1-2H3. The molecule has 0 aliphatic heterocycles. The van der Waals surface area contributed by atoms with Gasteiger partial charge in [-0.05, 0) is 33.5 Å². The second-order valence-corrected chi connectivity index (χ2v) is 8.61. The summed E-state index contributed by atoms with van der Waals surface area (Å²) in [4.78, 5) is 0. The van der Waals surface area contributed by atoms with Gasteiger partial charge in [-0.2, -0.15) is 0 Å². The van der Waals surface area contributed by atoms with Gasteiger partial charge in [0, 0.05) is 3.42 Å². The highest BCUT2D eigenvalue weighted by Gasteiger charge is 2.15. The van der Waals surface area contributed by atoms with Gasteiger partial charge in [0.1, 0.15) is 0 Å². The summed E-state index contributed by atoms with van der Waals surface area (Å²) in [7, 11) is 0. The van der Waals surface area contributed by atoms with Crippen LogP contribution >= 0.6 is 22.6 Å². The summed E-state index contributed by atoms with van der Waals surface area (Å²) in [6.45, 7) is 4.57. The van der Waals surface area contributed by atoms with E-state index in [1.54, 1.807) is 0 Å². The van der Waals surface area contributed by atoms with E-state index in [4.69, 9.17) is 0 Å². The van der Waals surface area contributed by atoms with Crippen LogP contribution in [0.2, 0.25) is 0 Å². The van der Waals surface area contributed by atoms with E-state index in [-0.39, 0.29) is 3.42 Å². The Kier molecular flexibility index (Phi) is 3.25. The molecule has 0 aliphatic rings. The van der Waals surface area contributed by atoms with E-state index in [9.17, 15) is 0 Å². The number of rotatable bonds is 2. The number of alkyl halides is 1. The maximum absolute atomic E-state index is 2.53. The summed E-state index contributed by atoms with van der Waals surface area (Å²) in [6, 6.07) is 19.8. The fourth-order valence-electron chi connectivity index (χ4n) is 2.71. The molecule has 0 nitrogen and oxygen atoms in total. The third kappa shape index (κ3) is 2.62. The number of fused-ring (bicyclic) bond motifs is 3. The average Bonchev–Trinajstić information content (AvgIpc) is 2.37. The van der Waals surface area contributed by atoms with Gasteiger partial charge in [0.2, 0.25) is 0 Å². The van der Waals surface area contributed by atoms with Crippen LogP contribution in [0.25, 0.3) is 21.5 Å². The summed E-state index contributed by atoms with van der Waals surface area (Å²) < 4.78 is 0.289. The topological polar surface area (TPSA) is 0 Å². The Hall–Kier alpha value is -1.09. The Bertz CT molecular complexity index is 735. The maximum atomic E-state index is 2.53. The highest BCUT2D eigenvalue weighted by Crippen LogP contribution is 2.31. The molecule has 0 N–H and O–H groups in total. The summed E-state index contributed by atoms with van der Waals surface area (Å²) in [6.07, 6.45) is 1.10.